The molecule has 4 rings (SSSR count). The number of hydrogen-bond acceptors (Lipinski definition) is 4. The molecule has 0 spiro atoms. The van der Waals surface area contributed by atoms with Crippen LogP contribution in [-0.2, 0) is 35.2 Å². The SMILES string of the molecule is C[C@@H]1CCc2c1nc1c(c2NC(=O)N=[S@@](N)(=O)c2nn(C(C)(F)F)cc2F)CCC1. The summed E-state index contributed by atoms with van der Waals surface area (Å²) in [5, 5.41) is 10.4. The molecule has 0 saturated heterocycles. The molecule has 2 amide bonds. The lowest BCUT2D eigenvalue weighted by atomic mass is 10.0. The Morgan fingerprint density at radius 2 is 2.10 bits per heavy atom. The van der Waals surface area contributed by atoms with Gasteiger partial charge >= 0.3 is 12.1 Å². The van der Waals surface area contributed by atoms with E-state index in [0.717, 1.165) is 54.6 Å². The number of aryl methyl sites for hydroxylation is 1. The second kappa shape index (κ2) is 7.05. The maximum atomic E-state index is 14.0. The Hall–Kier alpha value is -2.47. The molecule has 12 heteroatoms. The first-order valence-corrected chi connectivity index (χ1v) is 11.1. The van der Waals surface area contributed by atoms with Gasteiger partial charge in [0.05, 0.1) is 11.9 Å². The van der Waals surface area contributed by atoms with Crippen molar-refractivity contribution in [3.63, 3.8) is 0 Å². The van der Waals surface area contributed by atoms with Crippen LogP contribution in [0, 0.1) is 5.82 Å². The number of carbonyl (C=O) groups is 1. The van der Waals surface area contributed by atoms with Crippen molar-refractivity contribution < 1.29 is 22.2 Å². The lowest BCUT2D eigenvalue weighted by Crippen LogP contribution is -2.22. The predicted octanol–water partition coefficient (Wildman–Crippen LogP) is 3.46. The molecule has 3 N–H and O–H groups in total. The van der Waals surface area contributed by atoms with Crippen molar-refractivity contribution in [1.29, 1.82) is 0 Å². The summed E-state index contributed by atoms with van der Waals surface area (Å²) in [6.07, 6.45) is 4.43. The lowest BCUT2D eigenvalue weighted by Gasteiger charge is -2.15. The number of pyridine rings is 1. The summed E-state index contributed by atoms with van der Waals surface area (Å²) in [4.78, 5) is 17.3. The lowest BCUT2D eigenvalue weighted by molar-refractivity contribution is -0.0733. The van der Waals surface area contributed by atoms with Gasteiger partial charge in [0.2, 0.25) is 5.03 Å². The van der Waals surface area contributed by atoms with Crippen LogP contribution in [0.3, 0.4) is 0 Å². The van der Waals surface area contributed by atoms with Crippen LogP contribution in [0.15, 0.2) is 15.6 Å². The minimum Gasteiger partial charge on any atom is -0.305 e. The number of aromatic nitrogens is 3. The fraction of sp³-hybridized carbons (Fsp3) is 0.500. The van der Waals surface area contributed by atoms with Crippen molar-refractivity contribution in [3.8, 4) is 0 Å². The number of halogens is 3. The van der Waals surface area contributed by atoms with Crippen molar-refractivity contribution >= 4 is 21.6 Å². The molecule has 0 saturated carbocycles. The molecule has 2 aromatic rings. The molecule has 30 heavy (non-hydrogen) atoms. The first-order chi connectivity index (χ1) is 14.0. The molecular weight excluding hydrogens is 421 g/mol. The topological polar surface area (TPSA) is 115 Å². The van der Waals surface area contributed by atoms with Gasteiger partial charge < -0.3 is 5.32 Å². The van der Waals surface area contributed by atoms with Crippen molar-refractivity contribution in [2.45, 2.75) is 62.9 Å². The van der Waals surface area contributed by atoms with E-state index < -0.39 is 32.8 Å². The first kappa shape index (κ1) is 20.8. The average molecular weight is 442 g/mol. The van der Waals surface area contributed by atoms with Gasteiger partial charge in [0.1, 0.15) is 0 Å². The van der Waals surface area contributed by atoms with Gasteiger partial charge in [-0.25, -0.2) is 23.2 Å². The fourth-order valence-electron chi connectivity index (χ4n) is 3.99. The van der Waals surface area contributed by atoms with Crippen LogP contribution in [0.2, 0.25) is 0 Å². The predicted molar refractivity (Wildman–Crippen MR) is 103 cm³/mol. The summed E-state index contributed by atoms with van der Waals surface area (Å²) < 4.78 is 56.8. The average Bonchev–Trinajstić information content (AvgIpc) is 3.33. The van der Waals surface area contributed by atoms with Crippen molar-refractivity contribution in [3.05, 3.63) is 34.5 Å². The highest BCUT2D eigenvalue weighted by Crippen LogP contribution is 2.41. The number of carbonyl (C=O) groups excluding carboxylic acids is 1. The number of fused-ring (bicyclic) bond motifs is 2. The molecule has 0 aromatic carbocycles. The summed E-state index contributed by atoms with van der Waals surface area (Å²) in [6, 6.07) is -4.59. The molecule has 0 fully saturated rings. The first-order valence-electron chi connectivity index (χ1n) is 9.51. The Morgan fingerprint density at radius 1 is 1.37 bits per heavy atom. The quantitative estimate of drug-likeness (QED) is 0.757. The van der Waals surface area contributed by atoms with Gasteiger partial charge in [-0.2, -0.15) is 13.9 Å². The van der Waals surface area contributed by atoms with Crippen LogP contribution in [0.5, 0.6) is 0 Å². The number of rotatable bonds is 3. The second-order valence-electron chi connectivity index (χ2n) is 7.73. The van der Waals surface area contributed by atoms with Gasteiger partial charge in [-0.05, 0) is 49.1 Å². The second-order valence-corrected chi connectivity index (χ2v) is 9.43. The molecule has 162 valence electrons. The largest absolute Gasteiger partial charge is 0.354 e. The number of nitrogens with two attached hydrogens (primary N) is 1. The maximum absolute atomic E-state index is 14.0. The monoisotopic (exact) mass is 442 g/mol. The Kier molecular flexibility index (Phi) is 4.88. The van der Waals surface area contributed by atoms with Gasteiger partial charge in [-0.15, -0.1) is 4.36 Å². The van der Waals surface area contributed by atoms with Crippen LogP contribution in [0.4, 0.5) is 23.7 Å². The number of amides is 2. The third-order valence-electron chi connectivity index (χ3n) is 5.42. The van der Waals surface area contributed by atoms with Crippen LogP contribution < -0.4 is 10.5 Å². The van der Waals surface area contributed by atoms with Gasteiger partial charge in [-0.3, -0.25) is 4.98 Å². The minimum absolute atomic E-state index is 0.0123. The fourth-order valence-corrected chi connectivity index (χ4v) is 4.90. The molecule has 0 bridgehead atoms. The number of nitrogens with one attached hydrogen (secondary N) is 1. The van der Waals surface area contributed by atoms with E-state index in [-0.39, 0.29) is 10.6 Å². The molecule has 2 aliphatic carbocycles. The summed E-state index contributed by atoms with van der Waals surface area (Å²) >= 11 is 0. The molecule has 8 nitrogen and oxygen atoms in total. The third kappa shape index (κ3) is 3.58. The van der Waals surface area contributed by atoms with Crippen LogP contribution >= 0.6 is 0 Å². The minimum atomic E-state index is -4.18. The van der Waals surface area contributed by atoms with E-state index in [1.165, 1.54) is 0 Å². The molecule has 2 heterocycles. The molecule has 2 atom stereocenters. The number of urea groups is 1. The molecule has 0 aliphatic heterocycles. The molecule has 2 aromatic heterocycles. The molecule has 0 radical (unpaired) electrons. The number of hydrogen-bond donors (Lipinski definition) is 2. The normalized spacial score (nSPS) is 19.9. The highest BCUT2D eigenvalue weighted by Gasteiger charge is 2.32. The standard InChI is InChI=1S/C18H21F3N6O2S/c1-9-6-7-11-14(9)23-13-5-3-4-10(13)15(11)24-17(28)26-30(22,29)16-12(19)8-27(25-16)18(2,20)21/h8-9H,3-7H2,1-2H3,(H3,22,23,24,26,28,29)/t9-,30-/m1/s1. The zero-order valence-corrected chi connectivity index (χ0v) is 17.2. The number of nitrogens with zero attached hydrogens (tertiary/aromatic N) is 4. The summed E-state index contributed by atoms with van der Waals surface area (Å²) in [6.45, 7) is 2.54. The number of alkyl halides is 2. The Balaban J connectivity index is 1.69. The van der Waals surface area contributed by atoms with Gasteiger partial charge in [0.25, 0.3) is 0 Å². The van der Waals surface area contributed by atoms with Crippen LogP contribution in [0.25, 0.3) is 0 Å². The van der Waals surface area contributed by atoms with E-state index in [1.807, 2.05) is 0 Å². The highest BCUT2D eigenvalue weighted by molar-refractivity contribution is 7.91. The highest BCUT2D eigenvalue weighted by atomic mass is 32.2. The summed E-state index contributed by atoms with van der Waals surface area (Å²) in [5.74, 6) is -1.08. The zero-order chi connectivity index (χ0) is 21.8. The summed E-state index contributed by atoms with van der Waals surface area (Å²) in [7, 11) is -4.18. The van der Waals surface area contributed by atoms with E-state index >= 15 is 0 Å². The van der Waals surface area contributed by atoms with Gasteiger partial charge in [0.15, 0.2) is 15.7 Å². The molecular formula is C18H21F3N6O2S. The van der Waals surface area contributed by atoms with E-state index in [1.54, 1.807) is 0 Å². The molecule has 2 aliphatic rings. The van der Waals surface area contributed by atoms with E-state index in [2.05, 4.69) is 21.7 Å². The van der Waals surface area contributed by atoms with Crippen LogP contribution in [0.1, 0.15) is 55.1 Å². The van der Waals surface area contributed by atoms with Crippen molar-refractivity contribution in [2.75, 3.05) is 5.32 Å². The third-order valence-corrected chi connectivity index (χ3v) is 6.69. The molecule has 0 unspecified atom stereocenters. The smallest absolute Gasteiger partial charge is 0.305 e. The van der Waals surface area contributed by atoms with Gasteiger partial charge in [0, 0.05) is 18.3 Å². The van der Waals surface area contributed by atoms with E-state index in [0.29, 0.717) is 18.8 Å². The zero-order valence-electron chi connectivity index (χ0n) is 16.4. The van der Waals surface area contributed by atoms with Crippen LogP contribution in [-0.4, -0.2) is 25.0 Å². The summed E-state index contributed by atoms with van der Waals surface area (Å²) in [5.41, 5.74) is 4.26. The van der Waals surface area contributed by atoms with E-state index in [4.69, 9.17) is 10.1 Å². The van der Waals surface area contributed by atoms with Crippen molar-refractivity contribution in [2.24, 2.45) is 9.50 Å². The van der Waals surface area contributed by atoms with Gasteiger partial charge in [-0.1, -0.05) is 6.92 Å². The Labute approximate surface area is 171 Å². The maximum Gasteiger partial charge on any atom is 0.354 e. The van der Waals surface area contributed by atoms with E-state index in [9.17, 15) is 22.2 Å². The Morgan fingerprint density at radius 3 is 2.77 bits per heavy atom. The van der Waals surface area contributed by atoms with Crippen molar-refractivity contribution in [1.82, 2.24) is 14.8 Å². The Bertz CT molecular complexity index is 1160. The number of anilines is 1.